The molecule has 10 heteroatoms. The Morgan fingerprint density at radius 3 is 2.17 bits per heavy atom. The fraction of sp³-hybridized carbons (Fsp3) is 0.350. The number of hydrogen-bond donors (Lipinski definition) is 1. The second-order valence-corrected chi connectivity index (χ2v) is 6.36. The predicted octanol–water partition coefficient (Wildman–Crippen LogP) is 0.770. The van der Waals surface area contributed by atoms with E-state index in [9.17, 15) is 24.4 Å². The molecule has 0 atom stereocenters. The van der Waals surface area contributed by atoms with Crippen molar-refractivity contribution < 1.29 is 28.7 Å². The van der Waals surface area contributed by atoms with E-state index < -0.39 is 17.8 Å². The van der Waals surface area contributed by atoms with Crippen LogP contribution in [0.15, 0.2) is 30.0 Å². The lowest BCUT2D eigenvalue weighted by Crippen LogP contribution is -2.50. The molecule has 158 valence electrons. The van der Waals surface area contributed by atoms with Crippen LogP contribution in [-0.4, -0.2) is 74.0 Å². The molecule has 0 radical (unpaired) electrons. The largest absolute Gasteiger partial charge is 0.465 e. The van der Waals surface area contributed by atoms with Gasteiger partial charge in [-0.1, -0.05) is 0 Å². The number of nitrogens with zero attached hydrogens (tertiary/aromatic N) is 3. The van der Waals surface area contributed by atoms with Crippen LogP contribution in [0.2, 0.25) is 0 Å². The first-order valence-electron chi connectivity index (χ1n) is 9.04. The number of hydrogen-bond acceptors (Lipinski definition) is 8. The van der Waals surface area contributed by atoms with Crippen LogP contribution in [0.3, 0.4) is 0 Å². The normalized spacial score (nSPS) is 13.9. The van der Waals surface area contributed by atoms with E-state index >= 15 is 0 Å². The van der Waals surface area contributed by atoms with E-state index in [1.807, 2.05) is 6.07 Å². The Labute approximate surface area is 173 Å². The number of piperazine rings is 1. The summed E-state index contributed by atoms with van der Waals surface area (Å²) in [4.78, 5) is 50.9. The van der Waals surface area contributed by atoms with Crippen molar-refractivity contribution in [2.75, 3.05) is 45.7 Å². The highest BCUT2D eigenvalue weighted by Crippen LogP contribution is 2.20. The van der Waals surface area contributed by atoms with Crippen molar-refractivity contribution in [1.82, 2.24) is 9.80 Å². The Bertz CT molecular complexity index is 926. The molecule has 30 heavy (non-hydrogen) atoms. The molecule has 1 fully saturated rings. The Balaban J connectivity index is 2.23. The third-order valence-corrected chi connectivity index (χ3v) is 4.58. The molecule has 0 spiro atoms. The lowest BCUT2D eigenvalue weighted by molar-refractivity contribution is -0.136. The van der Waals surface area contributed by atoms with Crippen LogP contribution < -0.4 is 5.32 Å². The van der Waals surface area contributed by atoms with Crippen molar-refractivity contribution in [3.8, 4) is 6.07 Å². The summed E-state index contributed by atoms with van der Waals surface area (Å²) in [6.45, 7) is 2.86. The maximum Gasteiger partial charge on any atom is 0.339 e. The van der Waals surface area contributed by atoms with Crippen LogP contribution >= 0.6 is 0 Å². The predicted molar refractivity (Wildman–Crippen MR) is 105 cm³/mol. The Kier molecular flexibility index (Phi) is 7.52. The van der Waals surface area contributed by atoms with Crippen LogP contribution in [0, 0.1) is 11.3 Å². The number of nitrogens with one attached hydrogen (secondary N) is 1. The van der Waals surface area contributed by atoms with Crippen LogP contribution in [0.5, 0.6) is 0 Å². The first-order valence-corrected chi connectivity index (χ1v) is 9.04. The second kappa shape index (κ2) is 10.1. The number of carbonyl (C=O) groups is 4. The molecule has 0 saturated carbocycles. The molecule has 2 rings (SSSR count). The molecule has 10 nitrogen and oxygen atoms in total. The molecule has 1 aliphatic heterocycles. The highest BCUT2D eigenvalue weighted by molar-refractivity contribution is 6.00. The standard InChI is InChI=1S/C20H22N4O6/c1-13(25)23-6-8-24(9-7-23)18(26)15(11-21)12-22-17-10-14(19(27)29-2)4-5-16(17)20(28)30-3/h4-5,10,12,22H,6-9H2,1-3H3/b15-12-. The molecule has 0 aromatic heterocycles. The summed E-state index contributed by atoms with van der Waals surface area (Å²) >= 11 is 0. The smallest absolute Gasteiger partial charge is 0.339 e. The molecule has 0 aliphatic carbocycles. The minimum Gasteiger partial charge on any atom is -0.465 e. The third-order valence-electron chi connectivity index (χ3n) is 4.58. The molecule has 2 amide bonds. The first kappa shape index (κ1) is 22.4. The molecular weight excluding hydrogens is 392 g/mol. The van der Waals surface area contributed by atoms with Gasteiger partial charge in [0.15, 0.2) is 0 Å². The number of nitriles is 1. The SMILES string of the molecule is COC(=O)c1ccc(C(=O)OC)c(N/C=C(/C#N)C(=O)N2CCN(C(C)=O)CC2)c1. The summed E-state index contributed by atoms with van der Waals surface area (Å²) in [5, 5.41) is 12.2. The highest BCUT2D eigenvalue weighted by Gasteiger charge is 2.25. The second-order valence-electron chi connectivity index (χ2n) is 6.36. The minimum absolute atomic E-state index is 0.0689. The van der Waals surface area contributed by atoms with Gasteiger partial charge in [0, 0.05) is 39.3 Å². The van der Waals surface area contributed by atoms with Gasteiger partial charge in [0.1, 0.15) is 11.6 Å². The van der Waals surface area contributed by atoms with Crippen LogP contribution in [-0.2, 0) is 19.1 Å². The van der Waals surface area contributed by atoms with Crippen molar-refractivity contribution in [2.45, 2.75) is 6.92 Å². The number of rotatable bonds is 5. The van der Waals surface area contributed by atoms with Gasteiger partial charge in [0.25, 0.3) is 5.91 Å². The summed E-state index contributed by atoms with van der Waals surface area (Å²) in [6.07, 6.45) is 1.17. The zero-order valence-corrected chi connectivity index (χ0v) is 16.9. The monoisotopic (exact) mass is 414 g/mol. The maximum absolute atomic E-state index is 12.6. The Morgan fingerprint density at radius 1 is 1.03 bits per heavy atom. The molecule has 1 saturated heterocycles. The first-order chi connectivity index (χ1) is 14.3. The number of benzene rings is 1. The van der Waals surface area contributed by atoms with E-state index in [0.29, 0.717) is 26.2 Å². The number of amides is 2. The van der Waals surface area contributed by atoms with Crippen molar-refractivity contribution >= 4 is 29.4 Å². The fourth-order valence-electron chi connectivity index (χ4n) is 2.88. The summed E-state index contributed by atoms with van der Waals surface area (Å²) in [7, 11) is 2.43. The van der Waals surface area contributed by atoms with Crippen LogP contribution in [0.25, 0.3) is 0 Å². The Morgan fingerprint density at radius 2 is 1.63 bits per heavy atom. The molecule has 1 aliphatic rings. The van der Waals surface area contributed by atoms with E-state index in [2.05, 4.69) is 10.1 Å². The quantitative estimate of drug-likeness (QED) is 0.425. The van der Waals surface area contributed by atoms with Crippen molar-refractivity contribution in [2.24, 2.45) is 0 Å². The Hall–Kier alpha value is -3.87. The van der Waals surface area contributed by atoms with Crippen molar-refractivity contribution in [3.05, 3.63) is 41.1 Å². The molecule has 1 N–H and O–H groups in total. The lowest BCUT2D eigenvalue weighted by Gasteiger charge is -2.34. The van der Waals surface area contributed by atoms with Crippen LogP contribution in [0.1, 0.15) is 27.6 Å². The average molecular weight is 414 g/mol. The van der Waals surface area contributed by atoms with Gasteiger partial charge in [0.05, 0.1) is 31.0 Å². The van der Waals surface area contributed by atoms with Gasteiger partial charge < -0.3 is 24.6 Å². The highest BCUT2D eigenvalue weighted by atomic mass is 16.5. The van der Waals surface area contributed by atoms with Gasteiger partial charge >= 0.3 is 11.9 Å². The molecule has 0 bridgehead atoms. The summed E-state index contributed by atoms with van der Waals surface area (Å²) in [6, 6.07) is 5.97. The van der Waals surface area contributed by atoms with Gasteiger partial charge in [0.2, 0.25) is 5.91 Å². The summed E-state index contributed by atoms with van der Waals surface area (Å²) in [5.74, 6) is -1.84. The zero-order chi connectivity index (χ0) is 22.3. The zero-order valence-electron chi connectivity index (χ0n) is 16.9. The number of esters is 2. The van der Waals surface area contributed by atoms with Gasteiger partial charge in [-0.25, -0.2) is 9.59 Å². The van der Waals surface area contributed by atoms with Gasteiger partial charge in [-0.15, -0.1) is 0 Å². The maximum atomic E-state index is 12.6. The van der Waals surface area contributed by atoms with E-state index in [4.69, 9.17) is 4.74 Å². The minimum atomic E-state index is -0.660. The van der Waals surface area contributed by atoms with E-state index in [1.54, 1.807) is 4.90 Å². The number of ether oxygens (including phenoxy) is 2. The topological polar surface area (TPSA) is 129 Å². The molecular formula is C20H22N4O6. The van der Waals surface area contributed by atoms with Gasteiger partial charge in [-0.05, 0) is 18.2 Å². The molecule has 0 unspecified atom stereocenters. The van der Waals surface area contributed by atoms with E-state index in [-0.39, 0.29) is 28.3 Å². The number of methoxy groups -OCH3 is 2. The third kappa shape index (κ3) is 5.14. The summed E-state index contributed by atoms with van der Waals surface area (Å²) < 4.78 is 9.39. The lowest BCUT2D eigenvalue weighted by atomic mass is 10.1. The number of carbonyl (C=O) groups excluding carboxylic acids is 4. The fourth-order valence-corrected chi connectivity index (χ4v) is 2.88. The van der Waals surface area contributed by atoms with E-state index in [1.165, 1.54) is 50.4 Å². The molecule has 1 aromatic rings. The van der Waals surface area contributed by atoms with Gasteiger partial charge in [-0.2, -0.15) is 5.26 Å². The number of anilines is 1. The van der Waals surface area contributed by atoms with Crippen LogP contribution in [0.4, 0.5) is 5.69 Å². The van der Waals surface area contributed by atoms with Crippen molar-refractivity contribution in [3.63, 3.8) is 0 Å². The van der Waals surface area contributed by atoms with Gasteiger partial charge in [-0.3, -0.25) is 9.59 Å². The van der Waals surface area contributed by atoms with E-state index in [0.717, 1.165) is 0 Å². The molecule has 1 aromatic carbocycles. The average Bonchev–Trinajstić information content (AvgIpc) is 2.78. The van der Waals surface area contributed by atoms with Crippen molar-refractivity contribution in [1.29, 1.82) is 5.26 Å². The summed E-state index contributed by atoms with van der Waals surface area (Å²) in [5.41, 5.74) is 0.268. The molecule has 1 heterocycles.